The molecule has 1 aromatic heterocycles. The van der Waals surface area contributed by atoms with Gasteiger partial charge in [-0.1, -0.05) is 13.8 Å². The molecule has 2 fully saturated rings. The summed E-state index contributed by atoms with van der Waals surface area (Å²) in [6.45, 7) is 7.85. The molecule has 138 valence electrons. The Kier molecular flexibility index (Phi) is 5.94. The van der Waals surface area contributed by atoms with Crippen LogP contribution in [0.5, 0.6) is 0 Å². The summed E-state index contributed by atoms with van der Waals surface area (Å²) < 4.78 is 0. The Balaban J connectivity index is 1.60. The molecule has 1 N–H and O–H groups in total. The summed E-state index contributed by atoms with van der Waals surface area (Å²) in [6.07, 6.45) is 6.62. The van der Waals surface area contributed by atoms with Gasteiger partial charge in [-0.15, -0.1) is 0 Å². The number of hydrogen-bond donors (Lipinski definition) is 1. The van der Waals surface area contributed by atoms with Crippen LogP contribution >= 0.6 is 0 Å². The molecule has 1 amide bonds. The van der Waals surface area contributed by atoms with E-state index in [1.54, 1.807) is 6.20 Å². The number of nitrogens with zero attached hydrogens (tertiary/aromatic N) is 3. The van der Waals surface area contributed by atoms with E-state index in [1.807, 2.05) is 17.0 Å². The second-order valence-corrected chi connectivity index (χ2v) is 7.92. The molecular weight excluding hydrogens is 314 g/mol. The maximum absolute atomic E-state index is 12.6. The highest BCUT2D eigenvalue weighted by Gasteiger charge is 2.27. The monoisotopic (exact) mass is 345 g/mol. The minimum absolute atomic E-state index is 0.128. The van der Waals surface area contributed by atoms with Gasteiger partial charge in [0.15, 0.2) is 0 Å². The van der Waals surface area contributed by atoms with Gasteiger partial charge in [0.25, 0.3) is 5.91 Å². The van der Waals surface area contributed by atoms with E-state index in [2.05, 4.69) is 23.7 Å². The van der Waals surface area contributed by atoms with Gasteiger partial charge in [0.1, 0.15) is 5.82 Å². The van der Waals surface area contributed by atoms with Gasteiger partial charge in [-0.3, -0.25) is 4.79 Å². The second kappa shape index (κ2) is 8.17. The van der Waals surface area contributed by atoms with Crippen molar-refractivity contribution in [2.75, 3.05) is 31.1 Å². The molecule has 3 rings (SSSR count). The van der Waals surface area contributed by atoms with Crippen molar-refractivity contribution in [3.8, 4) is 0 Å². The SMILES string of the molecule is CC(C)C[C@@H](O)C1CCN(c2cc(C(=O)N3CCCC3)ccn2)CC1. The van der Waals surface area contributed by atoms with Crippen LogP contribution in [0.2, 0.25) is 0 Å². The molecule has 0 aromatic carbocycles. The number of aromatic nitrogens is 1. The van der Waals surface area contributed by atoms with E-state index < -0.39 is 0 Å². The number of aliphatic hydroxyl groups is 1. The van der Waals surface area contributed by atoms with Crippen LogP contribution in [0.3, 0.4) is 0 Å². The van der Waals surface area contributed by atoms with Crippen molar-refractivity contribution in [2.45, 2.75) is 52.1 Å². The lowest BCUT2D eigenvalue weighted by Crippen LogP contribution is -2.38. The van der Waals surface area contributed by atoms with E-state index in [0.29, 0.717) is 11.8 Å². The van der Waals surface area contributed by atoms with Crippen LogP contribution in [0, 0.1) is 11.8 Å². The summed E-state index contributed by atoms with van der Waals surface area (Å²) in [6, 6.07) is 3.76. The van der Waals surface area contributed by atoms with Crippen LogP contribution < -0.4 is 4.90 Å². The Morgan fingerprint density at radius 1 is 1.24 bits per heavy atom. The van der Waals surface area contributed by atoms with Gasteiger partial charge in [-0.25, -0.2) is 4.98 Å². The number of piperidine rings is 1. The maximum Gasteiger partial charge on any atom is 0.254 e. The van der Waals surface area contributed by atoms with Crippen LogP contribution in [-0.4, -0.2) is 53.2 Å². The summed E-state index contributed by atoms with van der Waals surface area (Å²) in [7, 11) is 0. The quantitative estimate of drug-likeness (QED) is 0.891. The zero-order valence-corrected chi connectivity index (χ0v) is 15.5. The highest BCUT2D eigenvalue weighted by Crippen LogP contribution is 2.27. The number of rotatable bonds is 5. The van der Waals surface area contributed by atoms with Gasteiger partial charge < -0.3 is 14.9 Å². The van der Waals surface area contributed by atoms with E-state index >= 15 is 0 Å². The number of pyridine rings is 1. The molecule has 5 nitrogen and oxygen atoms in total. The third kappa shape index (κ3) is 4.51. The first-order chi connectivity index (χ1) is 12.0. The molecule has 3 heterocycles. The average molecular weight is 345 g/mol. The molecule has 2 aliphatic rings. The van der Waals surface area contributed by atoms with Crippen molar-refractivity contribution >= 4 is 11.7 Å². The Morgan fingerprint density at radius 3 is 2.56 bits per heavy atom. The third-order valence-electron chi connectivity index (χ3n) is 5.51. The number of carbonyl (C=O) groups excluding carboxylic acids is 1. The van der Waals surface area contributed by atoms with E-state index in [9.17, 15) is 9.90 Å². The molecule has 0 aliphatic carbocycles. The minimum atomic E-state index is -0.196. The van der Waals surface area contributed by atoms with Gasteiger partial charge in [0, 0.05) is 37.9 Å². The van der Waals surface area contributed by atoms with Crippen LogP contribution in [-0.2, 0) is 0 Å². The van der Waals surface area contributed by atoms with Crippen molar-refractivity contribution in [2.24, 2.45) is 11.8 Å². The van der Waals surface area contributed by atoms with Gasteiger partial charge >= 0.3 is 0 Å². The van der Waals surface area contributed by atoms with Crippen molar-refractivity contribution in [1.82, 2.24) is 9.88 Å². The zero-order valence-electron chi connectivity index (χ0n) is 15.5. The highest BCUT2D eigenvalue weighted by atomic mass is 16.3. The van der Waals surface area contributed by atoms with Crippen LogP contribution in [0.15, 0.2) is 18.3 Å². The van der Waals surface area contributed by atoms with E-state index in [1.165, 1.54) is 0 Å². The fourth-order valence-electron chi connectivity index (χ4n) is 4.02. The molecule has 5 heteroatoms. The van der Waals surface area contributed by atoms with Gasteiger partial charge in [0.05, 0.1) is 6.10 Å². The molecule has 25 heavy (non-hydrogen) atoms. The van der Waals surface area contributed by atoms with Gasteiger partial charge in [-0.05, 0) is 56.1 Å². The molecule has 2 saturated heterocycles. The molecule has 2 aliphatic heterocycles. The van der Waals surface area contributed by atoms with Crippen molar-refractivity contribution in [1.29, 1.82) is 0 Å². The normalized spacial score (nSPS) is 20.3. The zero-order chi connectivity index (χ0) is 17.8. The van der Waals surface area contributed by atoms with Gasteiger partial charge in [0.2, 0.25) is 0 Å². The summed E-state index contributed by atoms with van der Waals surface area (Å²) in [5.74, 6) is 1.93. The molecule has 0 spiro atoms. The summed E-state index contributed by atoms with van der Waals surface area (Å²) in [4.78, 5) is 21.2. The number of amides is 1. The predicted octanol–water partition coefficient (Wildman–Crippen LogP) is 2.94. The van der Waals surface area contributed by atoms with E-state index in [-0.39, 0.29) is 12.0 Å². The second-order valence-electron chi connectivity index (χ2n) is 7.92. The number of anilines is 1. The topological polar surface area (TPSA) is 56.7 Å². The van der Waals surface area contributed by atoms with E-state index in [4.69, 9.17) is 0 Å². The van der Waals surface area contributed by atoms with Gasteiger partial charge in [-0.2, -0.15) is 0 Å². The largest absolute Gasteiger partial charge is 0.393 e. The van der Waals surface area contributed by atoms with E-state index in [0.717, 1.165) is 69.7 Å². The highest BCUT2D eigenvalue weighted by molar-refractivity contribution is 5.95. The number of hydrogen-bond acceptors (Lipinski definition) is 4. The molecule has 0 saturated carbocycles. The molecule has 0 unspecified atom stereocenters. The predicted molar refractivity (Wildman–Crippen MR) is 99.8 cm³/mol. The Morgan fingerprint density at radius 2 is 1.92 bits per heavy atom. The lowest BCUT2D eigenvalue weighted by atomic mass is 9.87. The first kappa shape index (κ1) is 18.2. The molecule has 0 radical (unpaired) electrons. The molecule has 1 atom stereocenters. The maximum atomic E-state index is 12.6. The Hall–Kier alpha value is -1.62. The molecule has 0 bridgehead atoms. The lowest BCUT2D eigenvalue weighted by molar-refractivity contribution is 0.0734. The standard InChI is InChI=1S/C20H31N3O2/c1-15(2)13-18(24)16-6-11-22(12-7-16)19-14-17(5-8-21-19)20(25)23-9-3-4-10-23/h5,8,14-16,18,24H,3-4,6-7,9-13H2,1-2H3/t18-/m1/s1. The van der Waals surface area contributed by atoms with Crippen LogP contribution in [0.4, 0.5) is 5.82 Å². The summed E-state index contributed by atoms with van der Waals surface area (Å²) >= 11 is 0. The third-order valence-corrected chi connectivity index (χ3v) is 5.51. The van der Waals surface area contributed by atoms with Crippen LogP contribution in [0.1, 0.15) is 56.3 Å². The average Bonchev–Trinajstić information content (AvgIpc) is 3.15. The number of likely N-dealkylation sites (tertiary alicyclic amines) is 1. The minimum Gasteiger partial charge on any atom is -0.393 e. The van der Waals surface area contributed by atoms with Crippen molar-refractivity contribution in [3.63, 3.8) is 0 Å². The first-order valence-corrected chi connectivity index (χ1v) is 9.73. The molecule has 1 aromatic rings. The van der Waals surface area contributed by atoms with Crippen LogP contribution in [0.25, 0.3) is 0 Å². The summed E-state index contributed by atoms with van der Waals surface area (Å²) in [5.41, 5.74) is 0.744. The first-order valence-electron chi connectivity index (χ1n) is 9.73. The number of carbonyl (C=O) groups is 1. The Labute approximate surface area is 151 Å². The lowest BCUT2D eigenvalue weighted by Gasteiger charge is -2.35. The Bertz CT molecular complexity index is 576. The number of aliphatic hydroxyl groups excluding tert-OH is 1. The van der Waals surface area contributed by atoms with Crippen molar-refractivity contribution in [3.05, 3.63) is 23.9 Å². The van der Waals surface area contributed by atoms with Crippen molar-refractivity contribution < 1.29 is 9.90 Å². The fraction of sp³-hybridized carbons (Fsp3) is 0.700. The fourth-order valence-corrected chi connectivity index (χ4v) is 4.02. The summed E-state index contributed by atoms with van der Waals surface area (Å²) in [5, 5.41) is 10.4. The molecular formula is C20H31N3O2. The smallest absolute Gasteiger partial charge is 0.254 e.